The minimum Gasteiger partial charge on any atom is -0.458 e. The summed E-state index contributed by atoms with van der Waals surface area (Å²) >= 11 is 0. The van der Waals surface area contributed by atoms with Crippen molar-refractivity contribution in [3.8, 4) is 0 Å². The molecule has 0 heterocycles. The highest BCUT2D eigenvalue weighted by atomic mass is 16.6. The molecule has 0 saturated heterocycles. The Kier molecular flexibility index (Phi) is 14.7. The number of amides is 3. The van der Waals surface area contributed by atoms with Gasteiger partial charge in [-0.15, -0.1) is 0 Å². The van der Waals surface area contributed by atoms with Crippen molar-refractivity contribution in [2.75, 3.05) is 6.61 Å². The summed E-state index contributed by atoms with van der Waals surface area (Å²) < 4.78 is 11.1. The lowest BCUT2D eigenvalue weighted by molar-refractivity contribution is -0.159. The summed E-state index contributed by atoms with van der Waals surface area (Å²) in [6.07, 6.45) is 0.592. The highest BCUT2D eigenvalue weighted by Crippen LogP contribution is 2.31. The van der Waals surface area contributed by atoms with Gasteiger partial charge in [0.1, 0.15) is 29.3 Å². The Balaban J connectivity index is 2.71. The highest BCUT2D eigenvalue weighted by molar-refractivity contribution is 5.94. The zero-order chi connectivity index (χ0) is 36.4. The first-order chi connectivity index (χ1) is 22.2. The molecule has 0 bridgehead atoms. The van der Waals surface area contributed by atoms with Crippen LogP contribution in [0.3, 0.4) is 0 Å². The fraction of sp³-hybridized carbons (Fsp3) is 0.579. The second-order valence-corrected chi connectivity index (χ2v) is 14.9. The van der Waals surface area contributed by atoms with Crippen LogP contribution in [0.15, 0.2) is 48.5 Å². The zero-order valence-electron chi connectivity index (χ0n) is 30.7. The minimum atomic E-state index is -1.40. The summed E-state index contributed by atoms with van der Waals surface area (Å²) in [6.45, 7) is 19.4. The number of alkyl carbamates (subject to hydrolysis) is 1. The summed E-state index contributed by atoms with van der Waals surface area (Å²) in [6, 6.07) is 10.6. The van der Waals surface area contributed by atoms with Crippen LogP contribution < -0.4 is 10.6 Å². The number of carbonyl (C=O) groups excluding carboxylic acids is 4. The number of nitrogens with zero attached hydrogens (tertiary/aromatic N) is 1. The standard InChI is InChI=1S/C38H57N3O7/c1-24(2)20-21-26(4)41(34(44)31(23-42)40-36(46)48-38(9,10)11)32(29-19-15-16-25(3)27(29)5)33(43)39-30(35(45)47-37(6,7)8)22-28-17-13-12-14-18-28/h12-19,24,26,30-32,42H,20-23H2,1-11H3,(H,39,43)(H,40,46). The lowest BCUT2D eigenvalue weighted by Gasteiger charge is -2.39. The third-order valence-electron chi connectivity index (χ3n) is 7.82. The number of aliphatic hydroxyl groups excluding tert-OH is 1. The van der Waals surface area contributed by atoms with E-state index in [4.69, 9.17) is 9.47 Å². The maximum atomic E-state index is 14.7. The molecule has 0 saturated carbocycles. The van der Waals surface area contributed by atoms with Gasteiger partial charge < -0.3 is 30.1 Å². The highest BCUT2D eigenvalue weighted by Gasteiger charge is 2.41. The molecule has 0 aromatic heterocycles. The second-order valence-electron chi connectivity index (χ2n) is 14.9. The topological polar surface area (TPSA) is 134 Å². The van der Waals surface area contributed by atoms with Crippen LogP contribution in [0.25, 0.3) is 0 Å². The molecule has 4 atom stereocenters. The summed E-state index contributed by atoms with van der Waals surface area (Å²) in [5.74, 6) is -1.54. The van der Waals surface area contributed by atoms with Crippen molar-refractivity contribution in [1.29, 1.82) is 0 Å². The lowest BCUT2D eigenvalue weighted by atomic mass is 9.92. The number of carbonyl (C=O) groups is 4. The van der Waals surface area contributed by atoms with Crippen molar-refractivity contribution in [3.63, 3.8) is 0 Å². The minimum absolute atomic E-state index is 0.164. The van der Waals surface area contributed by atoms with Gasteiger partial charge in [-0.1, -0.05) is 62.4 Å². The molecule has 0 spiro atoms. The van der Waals surface area contributed by atoms with Crippen LogP contribution in [0, 0.1) is 19.8 Å². The van der Waals surface area contributed by atoms with Crippen molar-refractivity contribution >= 4 is 23.9 Å². The maximum absolute atomic E-state index is 14.7. The van der Waals surface area contributed by atoms with Crippen LogP contribution in [0.5, 0.6) is 0 Å². The fourth-order valence-corrected chi connectivity index (χ4v) is 5.28. The monoisotopic (exact) mass is 667 g/mol. The van der Waals surface area contributed by atoms with E-state index >= 15 is 0 Å². The van der Waals surface area contributed by atoms with Crippen LogP contribution in [0.2, 0.25) is 0 Å². The molecule has 2 aromatic rings. The molecule has 266 valence electrons. The third kappa shape index (κ3) is 12.6. The normalized spacial score (nSPS) is 14.4. The molecular formula is C38H57N3O7. The van der Waals surface area contributed by atoms with Crippen LogP contribution in [0.4, 0.5) is 4.79 Å². The summed E-state index contributed by atoms with van der Waals surface area (Å²) in [5.41, 5.74) is 1.44. The summed E-state index contributed by atoms with van der Waals surface area (Å²) in [7, 11) is 0. The number of esters is 1. The average Bonchev–Trinajstić information content (AvgIpc) is 2.97. The van der Waals surface area contributed by atoms with E-state index in [2.05, 4.69) is 24.5 Å². The SMILES string of the molecule is Cc1cccc(C(C(=O)NC(Cc2ccccc2)C(=O)OC(C)(C)C)N(C(=O)C(CO)NC(=O)OC(C)(C)C)C(C)CCC(C)C)c1C. The smallest absolute Gasteiger partial charge is 0.408 e. The molecule has 10 nitrogen and oxygen atoms in total. The average molecular weight is 668 g/mol. The van der Waals surface area contributed by atoms with Crippen molar-refractivity contribution in [2.24, 2.45) is 5.92 Å². The van der Waals surface area contributed by atoms with Crippen LogP contribution in [-0.4, -0.2) is 69.8 Å². The third-order valence-corrected chi connectivity index (χ3v) is 7.82. The van der Waals surface area contributed by atoms with Gasteiger partial charge in [0.05, 0.1) is 6.61 Å². The Bertz CT molecular complexity index is 1380. The predicted octanol–water partition coefficient (Wildman–Crippen LogP) is 5.95. The molecule has 4 unspecified atom stereocenters. The van der Waals surface area contributed by atoms with Crippen molar-refractivity contribution < 1.29 is 33.8 Å². The van der Waals surface area contributed by atoms with E-state index in [1.165, 1.54) is 4.90 Å². The van der Waals surface area contributed by atoms with Crippen molar-refractivity contribution in [3.05, 3.63) is 70.8 Å². The number of aliphatic hydroxyl groups is 1. The Hall–Kier alpha value is -3.92. The second kappa shape index (κ2) is 17.5. The predicted molar refractivity (Wildman–Crippen MR) is 187 cm³/mol. The van der Waals surface area contributed by atoms with Gasteiger partial charge in [-0.2, -0.15) is 0 Å². The summed E-state index contributed by atoms with van der Waals surface area (Å²) in [5, 5.41) is 15.8. The van der Waals surface area contributed by atoms with Crippen LogP contribution in [-0.2, 0) is 30.3 Å². The molecule has 10 heteroatoms. The summed E-state index contributed by atoms with van der Waals surface area (Å²) in [4.78, 5) is 57.0. The molecule has 0 aliphatic carbocycles. The van der Waals surface area contributed by atoms with Crippen molar-refractivity contribution in [2.45, 2.75) is 131 Å². The van der Waals surface area contributed by atoms with E-state index in [1.54, 1.807) is 47.6 Å². The first-order valence-corrected chi connectivity index (χ1v) is 16.8. The van der Waals surface area contributed by atoms with Gasteiger partial charge in [0.15, 0.2) is 0 Å². The molecule has 48 heavy (non-hydrogen) atoms. The molecule has 2 aromatic carbocycles. The van der Waals surface area contributed by atoms with Gasteiger partial charge in [0.25, 0.3) is 0 Å². The molecule has 0 aliphatic heterocycles. The van der Waals surface area contributed by atoms with Crippen LogP contribution >= 0.6 is 0 Å². The van der Waals surface area contributed by atoms with E-state index in [0.717, 1.165) is 23.1 Å². The van der Waals surface area contributed by atoms with E-state index in [1.807, 2.05) is 63.2 Å². The van der Waals surface area contributed by atoms with E-state index in [9.17, 15) is 24.3 Å². The quantitative estimate of drug-likeness (QED) is 0.212. The number of hydrogen-bond donors (Lipinski definition) is 3. The number of ether oxygens (including phenoxy) is 2. The molecular weight excluding hydrogens is 610 g/mol. The van der Waals surface area contributed by atoms with Gasteiger partial charge >= 0.3 is 12.1 Å². The molecule has 0 radical (unpaired) electrons. The number of aryl methyl sites for hydroxylation is 1. The zero-order valence-corrected chi connectivity index (χ0v) is 30.7. The van der Waals surface area contributed by atoms with Gasteiger partial charge in [-0.3, -0.25) is 9.59 Å². The maximum Gasteiger partial charge on any atom is 0.408 e. The molecule has 3 N–H and O–H groups in total. The molecule has 0 fully saturated rings. The van der Waals surface area contributed by atoms with Crippen LogP contribution in [0.1, 0.15) is 103 Å². The first kappa shape index (κ1) is 40.3. The largest absolute Gasteiger partial charge is 0.458 e. The van der Waals surface area contributed by atoms with Gasteiger partial charge in [-0.25, -0.2) is 9.59 Å². The Morgan fingerprint density at radius 1 is 0.792 bits per heavy atom. The number of hydrogen-bond acceptors (Lipinski definition) is 7. The number of benzene rings is 2. The Labute approximate surface area is 287 Å². The van der Waals surface area contributed by atoms with Gasteiger partial charge in [0.2, 0.25) is 11.8 Å². The van der Waals surface area contributed by atoms with Gasteiger partial charge in [-0.05, 0) is 103 Å². The van der Waals surface area contributed by atoms with E-state index in [0.29, 0.717) is 17.9 Å². The Morgan fingerprint density at radius 2 is 1.40 bits per heavy atom. The Morgan fingerprint density at radius 3 is 1.94 bits per heavy atom. The number of rotatable bonds is 14. The molecule has 3 amide bonds. The fourth-order valence-electron chi connectivity index (χ4n) is 5.28. The van der Waals surface area contributed by atoms with E-state index < -0.39 is 65.9 Å². The van der Waals surface area contributed by atoms with Crippen molar-refractivity contribution in [1.82, 2.24) is 15.5 Å². The first-order valence-electron chi connectivity index (χ1n) is 16.8. The van der Waals surface area contributed by atoms with E-state index in [-0.39, 0.29) is 6.42 Å². The van der Waals surface area contributed by atoms with Gasteiger partial charge in [0, 0.05) is 12.5 Å². The molecule has 2 rings (SSSR count). The number of nitrogens with one attached hydrogen (secondary N) is 2. The lowest BCUT2D eigenvalue weighted by Crippen LogP contribution is -2.58. The molecule has 0 aliphatic rings.